The molecule has 0 aromatic rings. The van der Waals surface area contributed by atoms with Crippen LogP contribution in [0.3, 0.4) is 0 Å². The Morgan fingerprint density at radius 3 is 2.33 bits per heavy atom. The van der Waals surface area contributed by atoms with Gasteiger partial charge in [-0.1, -0.05) is 0 Å². The van der Waals surface area contributed by atoms with Crippen molar-refractivity contribution < 1.29 is 14.6 Å². The van der Waals surface area contributed by atoms with E-state index in [1.807, 2.05) is 34.6 Å². The minimum atomic E-state index is -1.18. The van der Waals surface area contributed by atoms with E-state index in [1.165, 1.54) is 0 Å². The van der Waals surface area contributed by atoms with E-state index in [1.54, 1.807) is 18.7 Å². The molecule has 0 aromatic heterocycles. The Balaban J connectivity index is 2.96. The lowest BCUT2D eigenvalue weighted by atomic mass is 9.89. The third-order valence-corrected chi connectivity index (χ3v) is 5.01. The maximum absolute atomic E-state index is 12.7. The van der Waals surface area contributed by atoms with Gasteiger partial charge in [-0.3, -0.25) is 4.90 Å². The molecular weight excluding hydrogens is 292 g/mol. The molecule has 1 fully saturated rings. The molecule has 0 saturated carbocycles. The predicted octanol–water partition coefficient (Wildman–Crippen LogP) is 2.35. The molecule has 1 aliphatic rings. The first-order valence-electron chi connectivity index (χ1n) is 7.39. The highest BCUT2D eigenvalue weighted by Crippen LogP contribution is 2.30. The normalized spacial score (nSPS) is 30.0. The lowest BCUT2D eigenvalue weighted by molar-refractivity contribution is -0.0921. The number of amides is 1. The molecule has 0 bridgehead atoms. The first-order chi connectivity index (χ1) is 9.35. The third-order valence-electron chi connectivity index (χ3n) is 4.47. The highest BCUT2D eigenvalue weighted by molar-refractivity contribution is 6.18. The largest absolute Gasteiger partial charge is 0.440 e. The van der Waals surface area contributed by atoms with Crippen molar-refractivity contribution in [3.05, 3.63) is 0 Å². The Morgan fingerprint density at radius 1 is 1.52 bits per heavy atom. The molecule has 4 atom stereocenters. The number of hydrogen-bond donors (Lipinski definition) is 2. The molecule has 1 saturated heterocycles. The molecule has 0 aliphatic carbocycles. The Kier molecular flexibility index (Phi) is 5.24. The maximum atomic E-state index is 12.7. The zero-order valence-electron chi connectivity index (χ0n) is 14.2. The van der Waals surface area contributed by atoms with Crippen molar-refractivity contribution in [1.82, 2.24) is 10.2 Å². The fourth-order valence-electron chi connectivity index (χ4n) is 2.37. The van der Waals surface area contributed by atoms with Crippen LogP contribution in [0.1, 0.15) is 48.5 Å². The Morgan fingerprint density at radius 2 is 2.05 bits per heavy atom. The first kappa shape index (κ1) is 18.5. The van der Waals surface area contributed by atoms with Gasteiger partial charge in [0, 0.05) is 18.1 Å². The minimum Gasteiger partial charge on any atom is -0.440 e. The summed E-state index contributed by atoms with van der Waals surface area (Å²) in [6.45, 7) is 13.7. The number of hydrogen-bond acceptors (Lipinski definition) is 4. The summed E-state index contributed by atoms with van der Waals surface area (Å²) >= 11 is 5.84. The smallest absolute Gasteiger partial charge is 0.411 e. The number of alkyl halides is 1. The van der Waals surface area contributed by atoms with E-state index in [9.17, 15) is 9.90 Å². The number of carbonyl (C=O) groups is 1. The van der Waals surface area contributed by atoms with Gasteiger partial charge in [-0.25, -0.2) is 4.79 Å². The molecule has 1 rings (SSSR count). The van der Waals surface area contributed by atoms with Gasteiger partial charge in [0.1, 0.15) is 5.60 Å². The lowest BCUT2D eigenvalue weighted by Gasteiger charge is -2.49. The second-order valence-electron chi connectivity index (χ2n) is 7.49. The van der Waals surface area contributed by atoms with Crippen LogP contribution in [0.5, 0.6) is 0 Å². The van der Waals surface area contributed by atoms with Crippen LogP contribution in [0, 0.1) is 0 Å². The highest BCUT2D eigenvalue weighted by atomic mass is 35.5. The SMILES string of the molecule is C[C@@H](N(C(=O)O[C@@]1(C)CN[C@@H]1C)C(C)(C)C)[C@@](C)(O)CCl. The van der Waals surface area contributed by atoms with E-state index >= 15 is 0 Å². The summed E-state index contributed by atoms with van der Waals surface area (Å²) in [4.78, 5) is 14.2. The Hall–Kier alpha value is -0.520. The van der Waals surface area contributed by atoms with Crippen LogP contribution >= 0.6 is 11.6 Å². The van der Waals surface area contributed by atoms with Crippen molar-refractivity contribution in [3.8, 4) is 0 Å². The molecule has 6 heteroatoms. The average Bonchev–Trinajstić information content (AvgIpc) is 2.35. The van der Waals surface area contributed by atoms with E-state index < -0.39 is 28.9 Å². The van der Waals surface area contributed by atoms with Crippen molar-refractivity contribution in [2.24, 2.45) is 0 Å². The summed E-state index contributed by atoms with van der Waals surface area (Å²) in [5.74, 6) is 0.0449. The second kappa shape index (κ2) is 5.94. The number of nitrogens with zero attached hydrogens (tertiary/aromatic N) is 1. The molecule has 0 radical (unpaired) electrons. The fourth-order valence-corrected chi connectivity index (χ4v) is 2.59. The van der Waals surface area contributed by atoms with Gasteiger partial charge in [-0.05, 0) is 48.5 Å². The van der Waals surface area contributed by atoms with Gasteiger partial charge in [0.05, 0.1) is 17.5 Å². The summed E-state index contributed by atoms with van der Waals surface area (Å²) < 4.78 is 5.71. The molecule has 21 heavy (non-hydrogen) atoms. The Bertz CT molecular complexity index is 395. The summed E-state index contributed by atoms with van der Waals surface area (Å²) in [6.07, 6.45) is -0.420. The quantitative estimate of drug-likeness (QED) is 0.781. The van der Waals surface area contributed by atoms with Gasteiger partial charge >= 0.3 is 6.09 Å². The predicted molar refractivity (Wildman–Crippen MR) is 84.7 cm³/mol. The van der Waals surface area contributed by atoms with Crippen molar-refractivity contribution in [3.63, 3.8) is 0 Å². The van der Waals surface area contributed by atoms with Gasteiger partial charge in [0.15, 0.2) is 0 Å². The van der Waals surface area contributed by atoms with Crippen molar-refractivity contribution in [2.75, 3.05) is 12.4 Å². The van der Waals surface area contributed by atoms with Crippen LogP contribution in [-0.4, -0.2) is 57.3 Å². The third kappa shape index (κ3) is 3.82. The first-order valence-corrected chi connectivity index (χ1v) is 7.92. The molecule has 0 aromatic carbocycles. The number of aliphatic hydroxyl groups is 1. The summed E-state index contributed by atoms with van der Waals surface area (Å²) in [6, 6.07) is -0.346. The summed E-state index contributed by atoms with van der Waals surface area (Å²) in [5, 5.41) is 13.6. The van der Waals surface area contributed by atoms with Crippen molar-refractivity contribution >= 4 is 17.7 Å². The number of nitrogens with one attached hydrogen (secondary N) is 1. The zero-order valence-corrected chi connectivity index (χ0v) is 14.9. The monoisotopic (exact) mass is 320 g/mol. The summed E-state index contributed by atoms with van der Waals surface area (Å²) in [7, 11) is 0. The molecule has 5 nitrogen and oxygen atoms in total. The summed E-state index contributed by atoms with van der Waals surface area (Å²) in [5.41, 5.74) is -2.17. The molecule has 124 valence electrons. The van der Waals surface area contributed by atoms with Gasteiger partial charge < -0.3 is 15.2 Å². The lowest BCUT2D eigenvalue weighted by Crippen LogP contribution is -2.69. The van der Waals surface area contributed by atoms with Crippen LogP contribution in [0.2, 0.25) is 0 Å². The number of halogens is 1. The van der Waals surface area contributed by atoms with E-state index in [0.29, 0.717) is 6.54 Å². The molecule has 2 N–H and O–H groups in total. The van der Waals surface area contributed by atoms with E-state index in [4.69, 9.17) is 16.3 Å². The van der Waals surface area contributed by atoms with E-state index in [-0.39, 0.29) is 11.9 Å². The molecular formula is C15H29ClN2O3. The van der Waals surface area contributed by atoms with Gasteiger partial charge in [-0.2, -0.15) is 0 Å². The topological polar surface area (TPSA) is 61.8 Å². The number of ether oxygens (including phenoxy) is 1. The molecule has 1 amide bonds. The van der Waals surface area contributed by atoms with Crippen LogP contribution in [0.25, 0.3) is 0 Å². The highest BCUT2D eigenvalue weighted by Gasteiger charge is 2.47. The standard InChI is InChI=1S/C15H29ClN2O3/c1-10-15(7,9-17-10)21-12(19)18(13(3,4)5)11(2)14(6,20)8-16/h10-11,17,20H,8-9H2,1-7H3/t10-,11-,14+,15+/m1/s1. The second-order valence-corrected chi connectivity index (χ2v) is 7.76. The molecule has 0 unspecified atom stereocenters. The average molecular weight is 321 g/mol. The van der Waals surface area contributed by atoms with E-state index in [0.717, 1.165) is 0 Å². The van der Waals surface area contributed by atoms with Crippen molar-refractivity contribution in [1.29, 1.82) is 0 Å². The minimum absolute atomic E-state index is 0.0449. The zero-order chi connectivity index (χ0) is 16.6. The molecule has 1 heterocycles. The number of rotatable bonds is 4. The maximum Gasteiger partial charge on any atom is 0.411 e. The van der Waals surface area contributed by atoms with Gasteiger partial charge in [0.25, 0.3) is 0 Å². The molecule has 1 aliphatic heterocycles. The van der Waals surface area contributed by atoms with Gasteiger partial charge in [0.2, 0.25) is 0 Å². The van der Waals surface area contributed by atoms with Crippen LogP contribution < -0.4 is 5.32 Å². The van der Waals surface area contributed by atoms with Gasteiger partial charge in [-0.15, -0.1) is 11.6 Å². The van der Waals surface area contributed by atoms with Crippen LogP contribution in [0.4, 0.5) is 4.79 Å². The fraction of sp³-hybridized carbons (Fsp3) is 0.933. The number of carbonyl (C=O) groups excluding carboxylic acids is 1. The van der Waals surface area contributed by atoms with Crippen LogP contribution in [-0.2, 0) is 4.74 Å². The molecule has 0 spiro atoms. The van der Waals surface area contributed by atoms with Crippen molar-refractivity contribution in [2.45, 2.75) is 77.3 Å². The van der Waals surface area contributed by atoms with Crippen LogP contribution in [0.15, 0.2) is 0 Å². The van der Waals surface area contributed by atoms with E-state index in [2.05, 4.69) is 5.32 Å². The Labute approximate surface area is 133 Å².